The van der Waals surface area contributed by atoms with Crippen LogP contribution in [0.4, 0.5) is 0 Å². The van der Waals surface area contributed by atoms with Gasteiger partial charge in [-0.2, -0.15) is 0 Å². The summed E-state index contributed by atoms with van der Waals surface area (Å²) in [5.41, 5.74) is 1.36. The standard InChI is InChI=1S/C11H17N3OS/c15-16-3-1-10(2-4-16)14-8-13-7-11(14)9-5-12-6-9/h7-10,12H,1-6H2. The minimum Gasteiger partial charge on any atom is -0.331 e. The van der Waals surface area contributed by atoms with Crippen molar-refractivity contribution in [3.8, 4) is 0 Å². The lowest BCUT2D eigenvalue weighted by Crippen LogP contribution is -2.41. The SMILES string of the molecule is O=S1CCC(n2cncc2C2CNC2)CC1. The summed E-state index contributed by atoms with van der Waals surface area (Å²) in [5.74, 6) is 2.34. The summed E-state index contributed by atoms with van der Waals surface area (Å²) < 4.78 is 13.7. The maximum absolute atomic E-state index is 11.3. The molecule has 3 heterocycles. The lowest BCUT2D eigenvalue weighted by atomic mass is 9.99. The maximum atomic E-state index is 11.3. The van der Waals surface area contributed by atoms with Crippen molar-refractivity contribution in [2.24, 2.45) is 0 Å². The van der Waals surface area contributed by atoms with Crippen molar-refractivity contribution in [2.75, 3.05) is 24.6 Å². The van der Waals surface area contributed by atoms with Crippen molar-refractivity contribution in [1.29, 1.82) is 0 Å². The van der Waals surface area contributed by atoms with E-state index in [2.05, 4.69) is 14.9 Å². The summed E-state index contributed by atoms with van der Waals surface area (Å²) in [4.78, 5) is 4.28. The van der Waals surface area contributed by atoms with Gasteiger partial charge in [-0.25, -0.2) is 4.98 Å². The summed E-state index contributed by atoms with van der Waals surface area (Å²) in [7, 11) is -0.574. The third-order valence-electron chi connectivity index (χ3n) is 3.65. The molecule has 5 heteroatoms. The van der Waals surface area contributed by atoms with Crippen LogP contribution in [-0.4, -0.2) is 38.4 Å². The quantitative estimate of drug-likeness (QED) is 0.824. The lowest BCUT2D eigenvalue weighted by molar-refractivity contribution is 0.387. The van der Waals surface area contributed by atoms with Gasteiger partial charge in [-0.3, -0.25) is 4.21 Å². The van der Waals surface area contributed by atoms with Gasteiger partial charge in [0.1, 0.15) is 0 Å². The summed E-state index contributed by atoms with van der Waals surface area (Å²) in [6.07, 6.45) is 6.02. The van der Waals surface area contributed by atoms with Crippen molar-refractivity contribution in [3.63, 3.8) is 0 Å². The molecule has 0 amide bonds. The molecule has 3 rings (SSSR count). The highest BCUT2D eigenvalue weighted by Crippen LogP contribution is 2.28. The number of imidazole rings is 1. The minimum atomic E-state index is -0.574. The molecule has 16 heavy (non-hydrogen) atoms. The summed E-state index contributed by atoms with van der Waals surface area (Å²) in [6.45, 7) is 2.15. The van der Waals surface area contributed by atoms with Crippen molar-refractivity contribution in [1.82, 2.24) is 14.9 Å². The van der Waals surface area contributed by atoms with E-state index in [9.17, 15) is 4.21 Å². The van der Waals surface area contributed by atoms with Crippen LogP contribution in [0.2, 0.25) is 0 Å². The molecule has 0 atom stereocenters. The van der Waals surface area contributed by atoms with Gasteiger partial charge in [0.15, 0.2) is 0 Å². The second kappa shape index (κ2) is 4.30. The van der Waals surface area contributed by atoms with Crippen LogP contribution in [-0.2, 0) is 10.8 Å². The number of hydrogen-bond acceptors (Lipinski definition) is 3. The Morgan fingerprint density at radius 2 is 2.12 bits per heavy atom. The largest absolute Gasteiger partial charge is 0.331 e. The first-order chi connectivity index (χ1) is 7.84. The van der Waals surface area contributed by atoms with E-state index in [1.165, 1.54) is 5.69 Å². The molecule has 0 saturated carbocycles. The highest BCUT2D eigenvalue weighted by Gasteiger charge is 2.26. The number of hydrogen-bond donors (Lipinski definition) is 1. The Labute approximate surface area is 97.9 Å². The number of nitrogens with zero attached hydrogens (tertiary/aromatic N) is 2. The van der Waals surface area contributed by atoms with Crippen LogP contribution < -0.4 is 5.32 Å². The van der Waals surface area contributed by atoms with Gasteiger partial charge in [-0.15, -0.1) is 0 Å². The van der Waals surface area contributed by atoms with Gasteiger partial charge in [0.2, 0.25) is 0 Å². The van der Waals surface area contributed by atoms with Gasteiger partial charge in [-0.1, -0.05) is 0 Å². The van der Waals surface area contributed by atoms with E-state index >= 15 is 0 Å². The molecule has 1 aromatic heterocycles. The van der Waals surface area contributed by atoms with Gasteiger partial charge in [-0.05, 0) is 12.8 Å². The van der Waals surface area contributed by atoms with E-state index in [4.69, 9.17) is 0 Å². The molecule has 2 saturated heterocycles. The van der Waals surface area contributed by atoms with Gasteiger partial charge in [0.25, 0.3) is 0 Å². The monoisotopic (exact) mass is 239 g/mol. The fraction of sp³-hybridized carbons (Fsp3) is 0.727. The average Bonchev–Trinajstić information content (AvgIpc) is 2.65. The summed E-state index contributed by atoms with van der Waals surface area (Å²) in [6, 6.07) is 0.524. The summed E-state index contributed by atoms with van der Waals surface area (Å²) in [5, 5.41) is 3.30. The second-order valence-electron chi connectivity index (χ2n) is 4.66. The average molecular weight is 239 g/mol. The molecule has 88 valence electrons. The fourth-order valence-electron chi connectivity index (χ4n) is 2.49. The molecule has 0 unspecified atom stereocenters. The highest BCUT2D eigenvalue weighted by atomic mass is 32.2. The molecule has 0 bridgehead atoms. The highest BCUT2D eigenvalue weighted by molar-refractivity contribution is 7.85. The van der Waals surface area contributed by atoms with Crippen molar-refractivity contribution < 1.29 is 4.21 Å². The number of nitrogens with one attached hydrogen (secondary N) is 1. The van der Waals surface area contributed by atoms with Crippen LogP contribution in [0.3, 0.4) is 0 Å². The lowest BCUT2D eigenvalue weighted by Gasteiger charge is -2.31. The molecule has 0 aromatic carbocycles. The van der Waals surface area contributed by atoms with Crippen LogP contribution >= 0.6 is 0 Å². The van der Waals surface area contributed by atoms with Crippen LogP contribution in [0.5, 0.6) is 0 Å². The first-order valence-corrected chi connectivity index (χ1v) is 7.41. The Hall–Kier alpha value is -0.680. The Morgan fingerprint density at radius 3 is 2.75 bits per heavy atom. The maximum Gasteiger partial charge on any atom is 0.0950 e. The topological polar surface area (TPSA) is 46.9 Å². The normalized spacial score (nSPS) is 31.2. The molecule has 4 nitrogen and oxygen atoms in total. The Balaban J connectivity index is 1.78. The molecular formula is C11H17N3OS. The van der Waals surface area contributed by atoms with Crippen LogP contribution in [0.15, 0.2) is 12.5 Å². The zero-order valence-electron chi connectivity index (χ0n) is 9.26. The van der Waals surface area contributed by atoms with Crippen molar-refractivity contribution >= 4 is 10.8 Å². The minimum absolute atomic E-state index is 0.524. The summed E-state index contributed by atoms with van der Waals surface area (Å²) >= 11 is 0. The zero-order chi connectivity index (χ0) is 11.0. The van der Waals surface area contributed by atoms with Gasteiger partial charge >= 0.3 is 0 Å². The van der Waals surface area contributed by atoms with Crippen molar-refractivity contribution in [3.05, 3.63) is 18.2 Å². The van der Waals surface area contributed by atoms with Crippen LogP contribution in [0.25, 0.3) is 0 Å². The molecule has 2 aliphatic heterocycles. The zero-order valence-corrected chi connectivity index (χ0v) is 10.1. The van der Waals surface area contributed by atoms with E-state index in [0.29, 0.717) is 12.0 Å². The number of rotatable bonds is 2. The Bertz CT molecular complexity index is 390. The molecule has 2 fully saturated rings. The van der Waals surface area contributed by atoms with Gasteiger partial charge in [0.05, 0.1) is 6.33 Å². The molecule has 0 spiro atoms. The molecule has 0 aliphatic carbocycles. The molecule has 0 radical (unpaired) electrons. The van der Waals surface area contributed by atoms with Crippen LogP contribution in [0, 0.1) is 0 Å². The van der Waals surface area contributed by atoms with E-state index in [0.717, 1.165) is 37.4 Å². The first-order valence-electron chi connectivity index (χ1n) is 5.92. The third-order valence-corrected chi connectivity index (χ3v) is 5.03. The molecular weight excluding hydrogens is 222 g/mol. The fourth-order valence-corrected chi connectivity index (χ4v) is 3.77. The number of aromatic nitrogens is 2. The Morgan fingerprint density at radius 1 is 1.38 bits per heavy atom. The van der Waals surface area contributed by atoms with Gasteiger partial charge < -0.3 is 9.88 Å². The predicted molar refractivity (Wildman–Crippen MR) is 64.0 cm³/mol. The second-order valence-corrected chi connectivity index (χ2v) is 6.36. The molecule has 2 aliphatic rings. The molecule has 1 N–H and O–H groups in total. The van der Waals surface area contributed by atoms with E-state index in [1.54, 1.807) is 0 Å². The van der Waals surface area contributed by atoms with Gasteiger partial charge in [0, 0.05) is 59.2 Å². The first kappa shape index (κ1) is 10.5. The van der Waals surface area contributed by atoms with E-state index in [1.807, 2.05) is 12.5 Å². The molecule has 1 aromatic rings. The third kappa shape index (κ3) is 1.82. The van der Waals surface area contributed by atoms with E-state index < -0.39 is 10.8 Å². The predicted octanol–water partition coefficient (Wildman–Crippen LogP) is 0.653. The smallest absolute Gasteiger partial charge is 0.0950 e. The van der Waals surface area contributed by atoms with E-state index in [-0.39, 0.29) is 0 Å². The Kier molecular flexibility index (Phi) is 2.81. The van der Waals surface area contributed by atoms with Crippen molar-refractivity contribution in [2.45, 2.75) is 24.8 Å². The van der Waals surface area contributed by atoms with Crippen LogP contribution in [0.1, 0.15) is 30.5 Å².